The molecule has 2 aromatic rings. The number of rotatable bonds is 7. The van der Waals surface area contributed by atoms with Gasteiger partial charge in [0.1, 0.15) is 5.75 Å². The van der Waals surface area contributed by atoms with Crippen LogP contribution >= 0.6 is 0 Å². The number of hydrogen-bond acceptors (Lipinski definition) is 2. The maximum Gasteiger partial charge on any atom is 0.118 e. The summed E-state index contributed by atoms with van der Waals surface area (Å²) in [7, 11) is 0. The van der Waals surface area contributed by atoms with Crippen molar-refractivity contribution >= 4 is 5.57 Å². The number of allylic oxidation sites excluding steroid dienone is 4. The topological polar surface area (TPSA) is 32.3 Å². The quantitative estimate of drug-likeness (QED) is 0.437. The van der Waals surface area contributed by atoms with Crippen LogP contribution in [0.4, 0.5) is 0 Å². The van der Waals surface area contributed by atoms with Crippen LogP contribution < -0.4 is 5.32 Å². The molecule has 1 saturated carbocycles. The molecule has 0 amide bonds. The molecule has 0 bridgehead atoms. The molecule has 33 heavy (non-hydrogen) atoms. The van der Waals surface area contributed by atoms with E-state index in [1.807, 2.05) is 19.1 Å². The van der Waals surface area contributed by atoms with E-state index >= 15 is 0 Å². The van der Waals surface area contributed by atoms with E-state index < -0.39 is 0 Å². The monoisotopic (exact) mass is 439 g/mol. The van der Waals surface area contributed by atoms with Crippen LogP contribution in [0.2, 0.25) is 0 Å². The fourth-order valence-electron chi connectivity index (χ4n) is 5.29. The van der Waals surface area contributed by atoms with E-state index in [1.54, 1.807) is 16.7 Å². The Balaban J connectivity index is 1.31. The van der Waals surface area contributed by atoms with Crippen molar-refractivity contribution in [2.75, 3.05) is 6.54 Å². The highest BCUT2D eigenvalue weighted by Gasteiger charge is 2.20. The number of hydrogen-bond donors (Lipinski definition) is 2. The standard InChI is InChI=1S/C31H37NO/c1-5-8-25-9-6-7-10-29(25)26-13-11-24(12-14-26)15-16-32-23(4)27-17-21(2)30-18-22(3)31(33)20-28(30)19-27/h6-7,9-10,15,17-18,20,26,32-33H,2,4-5,8,11-14,16,19H2,1,3H3. The molecule has 2 aliphatic carbocycles. The molecule has 2 aliphatic rings. The lowest BCUT2D eigenvalue weighted by Crippen LogP contribution is -2.18. The zero-order valence-electron chi connectivity index (χ0n) is 20.2. The molecule has 0 aliphatic heterocycles. The zero-order valence-corrected chi connectivity index (χ0v) is 20.2. The van der Waals surface area contributed by atoms with Crippen molar-refractivity contribution in [2.45, 2.75) is 64.7 Å². The number of phenols is 1. The van der Waals surface area contributed by atoms with Crippen LogP contribution in [0.25, 0.3) is 5.57 Å². The summed E-state index contributed by atoms with van der Waals surface area (Å²) in [5, 5.41) is 13.6. The summed E-state index contributed by atoms with van der Waals surface area (Å²) in [5.41, 5.74) is 10.9. The summed E-state index contributed by atoms with van der Waals surface area (Å²) in [6.45, 7) is 13.5. The number of aryl methyl sites for hydroxylation is 2. The molecule has 2 N–H and O–H groups in total. The predicted octanol–water partition coefficient (Wildman–Crippen LogP) is 7.54. The molecule has 2 aromatic carbocycles. The van der Waals surface area contributed by atoms with Crippen molar-refractivity contribution in [3.8, 4) is 5.75 Å². The fraction of sp³-hybridized carbons (Fsp3) is 0.355. The second-order valence-corrected chi connectivity index (χ2v) is 9.61. The average Bonchev–Trinajstić information content (AvgIpc) is 2.81. The van der Waals surface area contributed by atoms with Crippen molar-refractivity contribution in [2.24, 2.45) is 0 Å². The van der Waals surface area contributed by atoms with Gasteiger partial charge in [0.15, 0.2) is 0 Å². The highest BCUT2D eigenvalue weighted by molar-refractivity contribution is 5.79. The van der Waals surface area contributed by atoms with E-state index in [0.29, 0.717) is 11.7 Å². The molecular weight excluding hydrogens is 402 g/mol. The number of benzene rings is 2. The van der Waals surface area contributed by atoms with E-state index in [1.165, 1.54) is 38.5 Å². The first-order valence-electron chi connectivity index (χ1n) is 12.4. The molecule has 1 fully saturated rings. The highest BCUT2D eigenvalue weighted by Crippen LogP contribution is 2.37. The Morgan fingerprint density at radius 3 is 2.70 bits per heavy atom. The van der Waals surface area contributed by atoms with Gasteiger partial charge in [0.25, 0.3) is 0 Å². The Bertz CT molecular complexity index is 1110. The summed E-state index contributed by atoms with van der Waals surface area (Å²) in [4.78, 5) is 0. The summed E-state index contributed by atoms with van der Waals surface area (Å²) in [6.07, 6.45) is 12.5. The smallest absolute Gasteiger partial charge is 0.118 e. The summed E-state index contributed by atoms with van der Waals surface area (Å²) in [5.74, 6) is 1.05. The number of phenolic OH excluding ortho intramolecular Hbond substituents is 1. The molecule has 0 radical (unpaired) electrons. The van der Waals surface area contributed by atoms with Crippen molar-refractivity contribution in [1.29, 1.82) is 0 Å². The average molecular weight is 440 g/mol. The van der Waals surface area contributed by atoms with Crippen molar-refractivity contribution in [3.63, 3.8) is 0 Å². The lowest BCUT2D eigenvalue weighted by molar-refractivity contribution is 0.470. The van der Waals surface area contributed by atoms with Gasteiger partial charge in [-0.2, -0.15) is 0 Å². The number of aromatic hydroxyl groups is 1. The maximum atomic E-state index is 10.1. The molecule has 0 spiro atoms. The predicted molar refractivity (Wildman–Crippen MR) is 141 cm³/mol. The fourth-order valence-corrected chi connectivity index (χ4v) is 5.29. The second kappa shape index (κ2) is 10.3. The van der Waals surface area contributed by atoms with Crippen LogP contribution in [0.15, 0.2) is 78.6 Å². The van der Waals surface area contributed by atoms with Crippen LogP contribution in [-0.2, 0) is 12.8 Å². The van der Waals surface area contributed by atoms with Gasteiger partial charge in [-0.3, -0.25) is 0 Å². The first-order valence-corrected chi connectivity index (χ1v) is 12.4. The van der Waals surface area contributed by atoms with E-state index in [-0.39, 0.29) is 0 Å². The molecule has 0 saturated heterocycles. The SMILES string of the molecule is C=C(NCC=C1CCC(c2ccccc2CCC)CC1)C1=CC(=C)c2cc(C)c(O)cc2C1. The normalized spacial score (nSPS) is 17.9. The van der Waals surface area contributed by atoms with Crippen LogP contribution in [0.5, 0.6) is 5.75 Å². The summed E-state index contributed by atoms with van der Waals surface area (Å²) < 4.78 is 0. The van der Waals surface area contributed by atoms with Crippen molar-refractivity contribution < 1.29 is 5.11 Å². The van der Waals surface area contributed by atoms with E-state index in [9.17, 15) is 5.11 Å². The minimum atomic E-state index is 0.346. The van der Waals surface area contributed by atoms with Crippen LogP contribution in [0.3, 0.4) is 0 Å². The first-order chi connectivity index (χ1) is 16.0. The maximum absolute atomic E-state index is 10.1. The minimum absolute atomic E-state index is 0.346. The third-order valence-corrected chi connectivity index (χ3v) is 7.23. The second-order valence-electron chi connectivity index (χ2n) is 9.61. The van der Waals surface area contributed by atoms with Gasteiger partial charge in [-0.1, -0.05) is 62.4 Å². The Morgan fingerprint density at radius 1 is 1.18 bits per heavy atom. The molecule has 172 valence electrons. The largest absolute Gasteiger partial charge is 0.508 e. The lowest BCUT2D eigenvalue weighted by Gasteiger charge is -2.26. The van der Waals surface area contributed by atoms with Gasteiger partial charge >= 0.3 is 0 Å². The molecule has 2 heteroatoms. The first kappa shape index (κ1) is 23.2. The van der Waals surface area contributed by atoms with Gasteiger partial charge in [-0.25, -0.2) is 0 Å². The van der Waals surface area contributed by atoms with Crippen LogP contribution in [-0.4, -0.2) is 11.7 Å². The van der Waals surface area contributed by atoms with Crippen LogP contribution in [0, 0.1) is 6.92 Å². The van der Waals surface area contributed by atoms with Gasteiger partial charge in [-0.15, -0.1) is 0 Å². The Morgan fingerprint density at radius 2 is 1.94 bits per heavy atom. The highest BCUT2D eigenvalue weighted by atomic mass is 16.3. The molecule has 4 rings (SSSR count). The molecule has 0 atom stereocenters. The van der Waals surface area contributed by atoms with Gasteiger partial charge in [0, 0.05) is 18.7 Å². The van der Waals surface area contributed by atoms with E-state index in [2.05, 4.69) is 61.8 Å². The van der Waals surface area contributed by atoms with Crippen molar-refractivity contribution in [1.82, 2.24) is 5.32 Å². The van der Waals surface area contributed by atoms with Gasteiger partial charge in [-0.05, 0) is 102 Å². The minimum Gasteiger partial charge on any atom is -0.508 e. The molecular formula is C31H37NO. The Kier molecular flexibility index (Phi) is 7.23. The van der Waals surface area contributed by atoms with E-state index in [4.69, 9.17) is 0 Å². The number of fused-ring (bicyclic) bond motifs is 1. The molecule has 0 heterocycles. The Hall–Kier alpha value is -3.00. The number of nitrogens with one attached hydrogen (secondary N) is 1. The third kappa shape index (κ3) is 5.33. The van der Waals surface area contributed by atoms with Gasteiger partial charge in [0.05, 0.1) is 0 Å². The van der Waals surface area contributed by atoms with Gasteiger partial charge < -0.3 is 10.4 Å². The Labute approximate surface area is 199 Å². The third-order valence-electron chi connectivity index (χ3n) is 7.23. The molecule has 2 nitrogen and oxygen atoms in total. The summed E-state index contributed by atoms with van der Waals surface area (Å²) in [6, 6.07) is 12.9. The summed E-state index contributed by atoms with van der Waals surface area (Å²) >= 11 is 0. The van der Waals surface area contributed by atoms with Crippen LogP contribution in [0.1, 0.15) is 72.8 Å². The van der Waals surface area contributed by atoms with Gasteiger partial charge in [0.2, 0.25) is 0 Å². The molecule has 0 aromatic heterocycles. The lowest BCUT2D eigenvalue weighted by atomic mass is 9.79. The van der Waals surface area contributed by atoms with E-state index in [0.717, 1.165) is 46.5 Å². The molecule has 0 unspecified atom stereocenters. The van der Waals surface area contributed by atoms with Crippen molar-refractivity contribution in [3.05, 3.63) is 106 Å². The zero-order chi connectivity index (χ0) is 23.4.